The Balaban J connectivity index is 0.000000309. The average molecular weight is 703 g/mol. The topological polar surface area (TPSA) is 244 Å². The number of aliphatic hydroxyl groups excluding tert-OH is 2. The molecule has 0 aliphatic carbocycles. The molecule has 41 heavy (non-hydrogen) atoms. The van der Waals surface area contributed by atoms with E-state index in [1.807, 2.05) is 0 Å². The van der Waals surface area contributed by atoms with E-state index in [2.05, 4.69) is 31.9 Å². The zero-order valence-corrected chi connectivity index (χ0v) is 23.8. The molecule has 15 nitrogen and oxygen atoms in total. The minimum Gasteiger partial charge on any atom is -0.478 e. The number of alkyl halides is 2. The lowest BCUT2D eigenvalue weighted by molar-refractivity contribution is -0.385. The number of halogens is 2. The molecule has 0 saturated carbocycles. The maximum atomic E-state index is 10.6. The number of carboxylic acids is 2. The molecular formula is C24H21Br2N3O12. The van der Waals surface area contributed by atoms with Crippen molar-refractivity contribution in [3.8, 4) is 0 Å². The molecule has 0 bridgehead atoms. The van der Waals surface area contributed by atoms with Crippen molar-refractivity contribution in [1.82, 2.24) is 0 Å². The van der Waals surface area contributed by atoms with Crippen LogP contribution in [0.25, 0.3) is 0 Å². The lowest BCUT2D eigenvalue weighted by atomic mass is 10.1. The van der Waals surface area contributed by atoms with Crippen LogP contribution in [-0.2, 0) is 23.9 Å². The van der Waals surface area contributed by atoms with Gasteiger partial charge in [-0.25, -0.2) is 9.59 Å². The van der Waals surface area contributed by atoms with Crippen molar-refractivity contribution in [2.45, 2.75) is 23.9 Å². The number of carboxylic acid groups (broad SMARTS) is 2. The number of hydrogen-bond acceptors (Lipinski definition) is 10. The summed E-state index contributed by atoms with van der Waals surface area (Å²) in [6, 6.07) is 11.4. The predicted octanol–water partition coefficient (Wildman–Crippen LogP) is 4.96. The molecule has 4 N–H and O–H groups in total. The van der Waals surface area contributed by atoms with Crippen molar-refractivity contribution in [1.29, 1.82) is 0 Å². The summed E-state index contributed by atoms with van der Waals surface area (Å²) in [4.78, 5) is 50.6. The number of carbonyl (C=O) groups is 2. The number of nitrogens with zero attached hydrogens (tertiary/aromatic N) is 3. The summed E-state index contributed by atoms with van der Waals surface area (Å²) in [5.41, 5.74) is 1.43. The Hall–Kier alpha value is -4.32. The SMILES string of the molecule is O=C(O)c1ccc([N+](=O)[O-])cc1C(=O)O.O=[N+]([O-])c1ccc(CBr)c(CBr)c1.O=[N+]([O-])c1ccc(CO)c(CO)c1. The van der Waals surface area contributed by atoms with Crippen LogP contribution >= 0.6 is 31.9 Å². The molecule has 0 spiro atoms. The van der Waals surface area contributed by atoms with Crippen LogP contribution < -0.4 is 0 Å². The van der Waals surface area contributed by atoms with Crippen molar-refractivity contribution in [3.05, 3.63) is 118 Å². The van der Waals surface area contributed by atoms with Gasteiger partial charge in [0.05, 0.1) is 39.1 Å². The van der Waals surface area contributed by atoms with Gasteiger partial charge in [-0.15, -0.1) is 0 Å². The maximum absolute atomic E-state index is 10.6. The van der Waals surface area contributed by atoms with Gasteiger partial charge < -0.3 is 20.4 Å². The third-order valence-corrected chi connectivity index (χ3v) is 6.31. The van der Waals surface area contributed by atoms with Gasteiger partial charge in [0.2, 0.25) is 0 Å². The predicted molar refractivity (Wildman–Crippen MR) is 150 cm³/mol. The highest BCUT2D eigenvalue weighted by Crippen LogP contribution is 2.22. The van der Waals surface area contributed by atoms with E-state index in [0.717, 1.165) is 23.3 Å². The Morgan fingerprint density at radius 3 is 1.37 bits per heavy atom. The Morgan fingerprint density at radius 1 is 0.585 bits per heavy atom. The van der Waals surface area contributed by atoms with Crippen LogP contribution in [0, 0.1) is 30.3 Å². The quantitative estimate of drug-likeness (QED) is 0.131. The van der Waals surface area contributed by atoms with Crippen LogP contribution in [0.4, 0.5) is 17.1 Å². The summed E-state index contributed by atoms with van der Waals surface area (Å²) in [5, 5.41) is 67.3. The minimum absolute atomic E-state index is 0.0822. The van der Waals surface area contributed by atoms with Gasteiger partial charge in [-0.2, -0.15) is 0 Å². The molecule has 0 saturated heterocycles. The molecule has 218 valence electrons. The van der Waals surface area contributed by atoms with Crippen LogP contribution in [-0.4, -0.2) is 47.1 Å². The number of nitro benzene ring substituents is 3. The summed E-state index contributed by atoms with van der Waals surface area (Å²) in [6.45, 7) is -0.536. The number of hydrogen-bond donors (Lipinski definition) is 4. The lowest BCUT2D eigenvalue weighted by Crippen LogP contribution is -2.08. The van der Waals surface area contributed by atoms with E-state index in [1.165, 1.54) is 24.3 Å². The van der Waals surface area contributed by atoms with Gasteiger partial charge in [0, 0.05) is 47.1 Å². The molecule has 3 aromatic carbocycles. The summed E-state index contributed by atoms with van der Waals surface area (Å²) in [6.07, 6.45) is 0. The Kier molecular flexibility index (Phi) is 14.1. The molecule has 0 fully saturated rings. The highest BCUT2D eigenvalue weighted by molar-refractivity contribution is 9.09. The van der Waals surface area contributed by atoms with E-state index in [0.29, 0.717) is 27.9 Å². The van der Waals surface area contributed by atoms with E-state index >= 15 is 0 Å². The van der Waals surface area contributed by atoms with Gasteiger partial charge in [-0.3, -0.25) is 30.3 Å². The molecule has 0 unspecified atom stereocenters. The molecule has 17 heteroatoms. The van der Waals surface area contributed by atoms with Gasteiger partial charge in [-0.1, -0.05) is 37.9 Å². The van der Waals surface area contributed by atoms with Crippen LogP contribution in [0.15, 0.2) is 54.6 Å². The average Bonchev–Trinajstić information content (AvgIpc) is 2.96. The van der Waals surface area contributed by atoms with E-state index in [1.54, 1.807) is 12.1 Å². The standard InChI is InChI=1S/C8H7Br2NO2.C8H5NO6.C8H9NO4/c9-4-6-1-2-8(11(12)13)3-7(6)5-10;10-7(11)5-2-1-4(9(14)15)3-6(5)8(12)13;10-4-6-1-2-8(9(12)13)3-7(6)5-11/h1-3H,4-5H2;1-3H,(H,10,11)(H,12,13);1-3,10-11H,4-5H2. The van der Waals surface area contributed by atoms with Crippen molar-refractivity contribution >= 4 is 60.9 Å². The van der Waals surface area contributed by atoms with Crippen molar-refractivity contribution in [2.24, 2.45) is 0 Å². The smallest absolute Gasteiger partial charge is 0.336 e. The second-order valence-electron chi connectivity index (χ2n) is 7.60. The summed E-state index contributed by atoms with van der Waals surface area (Å²) in [5.74, 6) is -2.96. The molecule has 0 amide bonds. The molecule has 0 aliphatic rings. The fraction of sp³-hybridized carbons (Fsp3) is 0.167. The third-order valence-electron chi connectivity index (χ3n) is 5.10. The number of aliphatic hydroxyl groups is 2. The zero-order valence-electron chi connectivity index (χ0n) is 20.7. The molecule has 0 heterocycles. The van der Waals surface area contributed by atoms with E-state index in [9.17, 15) is 39.9 Å². The van der Waals surface area contributed by atoms with Crippen LogP contribution in [0.1, 0.15) is 43.0 Å². The first-order chi connectivity index (χ1) is 19.3. The third kappa shape index (κ3) is 10.3. The highest BCUT2D eigenvalue weighted by Gasteiger charge is 2.19. The van der Waals surface area contributed by atoms with Gasteiger partial charge in [-0.05, 0) is 34.4 Å². The molecule has 0 atom stereocenters. The van der Waals surface area contributed by atoms with Crippen LogP contribution in [0.2, 0.25) is 0 Å². The molecule has 3 aromatic rings. The molecule has 0 aliphatic heterocycles. The minimum atomic E-state index is -1.52. The summed E-state index contributed by atoms with van der Waals surface area (Å²) < 4.78 is 0. The number of rotatable bonds is 9. The Bertz CT molecular complexity index is 1380. The van der Waals surface area contributed by atoms with Crippen molar-refractivity contribution < 1.29 is 44.8 Å². The molecular weight excluding hydrogens is 682 g/mol. The maximum Gasteiger partial charge on any atom is 0.336 e. The Labute approximate surface area is 247 Å². The number of aromatic carboxylic acids is 2. The molecule has 0 aromatic heterocycles. The first kappa shape index (κ1) is 34.7. The van der Waals surface area contributed by atoms with E-state index in [4.69, 9.17) is 20.4 Å². The second kappa shape index (κ2) is 16.7. The zero-order chi connectivity index (χ0) is 31.3. The highest BCUT2D eigenvalue weighted by atomic mass is 79.9. The van der Waals surface area contributed by atoms with Crippen LogP contribution in [0.5, 0.6) is 0 Å². The van der Waals surface area contributed by atoms with E-state index in [-0.39, 0.29) is 29.5 Å². The summed E-state index contributed by atoms with van der Waals surface area (Å²) in [7, 11) is 0. The number of non-ortho nitro benzene ring substituents is 3. The molecule has 0 radical (unpaired) electrons. The first-order valence-electron chi connectivity index (χ1n) is 10.9. The fourth-order valence-corrected chi connectivity index (χ4v) is 4.09. The van der Waals surface area contributed by atoms with Gasteiger partial charge in [0.1, 0.15) is 0 Å². The summed E-state index contributed by atoms with van der Waals surface area (Å²) >= 11 is 6.61. The lowest BCUT2D eigenvalue weighted by Gasteiger charge is -2.02. The van der Waals surface area contributed by atoms with Gasteiger partial charge in [0.25, 0.3) is 17.1 Å². The fourth-order valence-electron chi connectivity index (χ4n) is 3.02. The second-order valence-corrected chi connectivity index (χ2v) is 8.72. The molecule has 3 rings (SSSR count). The Morgan fingerprint density at radius 2 is 0.976 bits per heavy atom. The first-order valence-corrected chi connectivity index (χ1v) is 13.2. The number of nitro groups is 3. The van der Waals surface area contributed by atoms with Crippen molar-refractivity contribution in [3.63, 3.8) is 0 Å². The van der Waals surface area contributed by atoms with E-state index < -0.39 is 38.6 Å². The van der Waals surface area contributed by atoms with Gasteiger partial charge in [0.15, 0.2) is 0 Å². The monoisotopic (exact) mass is 701 g/mol. The largest absolute Gasteiger partial charge is 0.478 e. The van der Waals surface area contributed by atoms with Crippen molar-refractivity contribution in [2.75, 3.05) is 0 Å². The number of benzene rings is 3. The van der Waals surface area contributed by atoms with Gasteiger partial charge >= 0.3 is 11.9 Å². The normalized spacial score (nSPS) is 9.85. The van der Waals surface area contributed by atoms with Crippen LogP contribution in [0.3, 0.4) is 0 Å².